The Labute approximate surface area is 177 Å². The van der Waals surface area contributed by atoms with Crippen molar-refractivity contribution in [3.63, 3.8) is 0 Å². The molecule has 0 amide bonds. The molecule has 0 N–H and O–H groups in total. The Hall–Kier alpha value is -1.64. The number of nitrogens with zero attached hydrogens (tertiary/aromatic N) is 2. The fourth-order valence-electron chi connectivity index (χ4n) is 4.38. The second-order valence-corrected chi connectivity index (χ2v) is 7.73. The molecule has 1 fully saturated rings. The zero-order valence-electron chi connectivity index (χ0n) is 17.7. The van der Waals surface area contributed by atoms with E-state index >= 15 is 0 Å². The second kappa shape index (κ2) is 9.02. The molecular weight excluding hydrogens is 396 g/mol. The van der Waals surface area contributed by atoms with E-state index in [9.17, 15) is 4.79 Å². The third kappa shape index (κ3) is 4.02. The molecule has 8 heteroatoms. The van der Waals surface area contributed by atoms with Crippen molar-refractivity contribution < 1.29 is 23.9 Å². The lowest BCUT2D eigenvalue weighted by molar-refractivity contribution is -0.221. The van der Waals surface area contributed by atoms with Gasteiger partial charge in [0.2, 0.25) is 0 Å². The lowest BCUT2D eigenvalue weighted by Crippen LogP contribution is -2.53. The average Bonchev–Trinajstić information content (AvgIpc) is 2.99. The summed E-state index contributed by atoms with van der Waals surface area (Å²) >= 11 is 6.43. The first-order chi connectivity index (χ1) is 13.9. The van der Waals surface area contributed by atoms with Crippen LogP contribution in [0.1, 0.15) is 36.5 Å². The highest BCUT2D eigenvalue weighted by Crippen LogP contribution is 2.47. The van der Waals surface area contributed by atoms with E-state index in [2.05, 4.69) is 0 Å². The summed E-state index contributed by atoms with van der Waals surface area (Å²) in [5.41, 5.74) is 3.34. The monoisotopic (exact) mass is 424 g/mol. The number of piperidine rings is 1. The Morgan fingerprint density at radius 3 is 2.45 bits per heavy atom. The Kier molecular flexibility index (Phi) is 6.86. The third-order valence-electron chi connectivity index (χ3n) is 5.86. The maximum atomic E-state index is 12.4. The van der Waals surface area contributed by atoms with Gasteiger partial charge in [-0.15, -0.1) is 0 Å². The normalized spacial score (nSPS) is 19.8. The van der Waals surface area contributed by atoms with Crippen molar-refractivity contribution >= 4 is 23.3 Å². The molecule has 2 heterocycles. The van der Waals surface area contributed by atoms with Gasteiger partial charge in [0.1, 0.15) is 11.3 Å². The van der Waals surface area contributed by atoms with E-state index in [4.69, 9.17) is 30.7 Å². The summed E-state index contributed by atoms with van der Waals surface area (Å²) in [5.74, 6) is 0.585. The van der Waals surface area contributed by atoms with Gasteiger partial charge in [0, 0.05) is 23.7 Å². The molecule has 0 aromatic heterocycles. The minimum absolute atomic E-state index is 0.245. The molecule has 2 aliphatic heterocycles. The number of carbonyl (C=O) groups excluding carboxylic acids is 1. The Morgan fingerprint density at radius 1 is 1.17 bits per heavy atom. The first-order valence-electron chi connectivity index (χ1n) is 9.83. The van der Waals surface area contributed by atoms with Gasteiger partial charge in [-0.3, -0.25) is 0 Å². The standard InChI is InChI=1S/C21H29ClN2O5/c1-6-28-20(25)29-19-16(18-14(2)7-8-17(22)15(18)3)13-24(27-5)21(19)9-11-23(26-4)12-10-21/h7-8H,6,9-13H2,1-5H3. The molecule has 7 nitrogen and oxygen atoms in total. The SMILES string of the molecule is CCOC(=O)OC1=C(c2c(C)ccc(Cl)c2C)CN(OC)C12CCN(OC)CC2. The van der Waals surface area contributed by atoms with Crippen LogP contribution in [0.15, 0.2) is 17.9 Å². The maximum Gasteiger partial charge on any atom is 0.513 e. The van der Waals surface area contributed by atoms with Gasteiger partial charge in [0.05, 0.1) is 27.4 Å². The summed E-state index contributed by atoms with van der Waals surface area (Å²) in [6, 6.07) is 3.87. The third-order valence-corrected chi connectivity index (χ3v) is 6.27. The minimum Gasteiger partial charge on any atom is -0.434 e. The van der Waals surface area contributed by atoms with E-state index in [-0.39, 0.29) is 6.61 Å². The first kappa shape index (κ1) is 22.1. The minimum atomic E-state index is -0.705. The predicted molar refractivity (Wildman–Crippen MR) is 110 cm³/mol. The largest absolute Gasteiger partial charge is 0.513 e. The van der Waals surface area contributed by atoms with Crippen LogP contribution in [0.3, 0.4) is 0 Å². The van der Waals surface area contributed by atoms with E-state index in [0.29, 0.717) is 43.3 Å². The number of aryl methyl sites for hydroxylation is 1. The molecule has 2 aliphatic rings. The zero-order chi connectivity index (χ0) is 21.2. The van der Waals surface area contributed by atoms with Gasteiger partial charge in [-0.25, -0.2) is 4.79 Å². The van der Waals surface area contributed by atoms with Crippen molar-refractivity contribution in [2.24, 2.45) is 0 Å². The number of carbonyl (C=O) groups is 1. The number of ether oxygens (including phenoxy) is 2. The lowest BCUT2D eigenvalue weighted by Gasteiger charge is -2.43. The highest BCUT2D eigenvalue weighted by Gasteiger charge is 2.52. The summed E-state index contributed by atoms with van der Waals surface area (Å²) in [5, 5.41) is 4.48. The van der Waals surface area contributed by atoms with Crippen LogP contribution in [0.2, 0.25) is 5.02 Å². The van der Waals surface area contributed by atoms with Crippen molar-refractivity contribution in [1.29, 1.82) is 0 Å². The summed E-state index contributed by atoms with van der Waals surface area (Å²) < 4.78 is 11.0. The van der Waals surface area contributed by atoms with Crippen LogP contribution in [0.4, 0.5) is 4.79 Å². The van der Waals surface area contributed by atoms with E-state index in [1.807, 2.05) is 36.1 Å². The quantitative estimate of drug-likeness (QED) is 0.659. The Morgan fingerprint density at radius 2 is 1.86 bits per heavy atom. The van der Waals surface area contributed by atoms with Gasteiger partial charge < -0.3 is 19.1 Å². The average molecular weight is 425 g/mol. The summed E-state index contributed by atoms with van der Waals surface area (Å²) in [7, 11) is 3.31. The number of rotatable bonds is 5. The van der Waals surface area contributed by atoms with Crippen molar-refractivity contribution in [3.05, 3.63) is 39.6 Å². The lowest BCUT2D eigenvalue weighted by atomic mass is 9.85. The van der Waals surface area contributed by atoms with Gasteiger partial charge in [-0.2, -0.15) is 10.1 Å². The van der Waals surface area contributed by atoms with E-state index in [0.717, 1.165) is 22.3 Å². The molecule has 0 aliphatic carbocycles. The molecule has 160 valence electrons. The number of hydrogen-bond acceptors (Lipinski definition) is 7. The molecule has 1 spiro atoms. The van der Waals surface area contributed by atoms with E-state index in [1.54, 1.807) is 21.1 Å². The van der Waals surface area contributed by atoms with Crippen LogP contribution in [0.5, 0.6) is 0 Å². The highest BCUT2D eigenvalue weighted by molar-refractivity contribution is 6.31. The van der Waals surface area contributed by atoms with Crippen molar-refractivity contribution in [2.75, 3.05) is 40.5 Å². The number of hydrogen-bond donors (Lipinski definition) is 0. The number of hydroxylamine groups is 4. The van der Waals surface area contributed by atoms with E-state index < -0.39 is 11.7 Å². The predicted octanol–water partition coefficient (Wildman–Crippen LogP) is 4.11. The topological polar surface area (TPSA) is 60.5 Å². The van der Waals surface area contributed by atoms with Crippen molar-refractivity contribution in [3.8, 4) is 0 Å². The van der Waals surface area contributed by atoms with Gasteiger partial charge in [0.15, 0.2) is 0 Å². The van der Waals surface area contributed by atoms with Gasteiger partial charge in [-0.1, -0.05) is 17.7 Å². The molecule has 1 aromatic carbocycles. The van der Waals surface area contributed by atoms with Gasteiger partial charge >= 0.3 is 6.16 Å². The zero-order valence-corrected chi connectivity index (χ0v) is 18.5. The van der Waals surface area contributed by atoms with Crippen LogP contribution in [0.25, 0.3) is 5.57 Å². The second-order valence-electron chi connectivity index (χ2n) is 7.32. The summed E-state index contributed by atoms with van der Waals surface area (Å²) in [4.78, 5) is 23.5. The van der Waals surface area contributed by atoms with Crippen LogP contribution in [-0.4, -0.2) is 62.3 Å². The Bertz CT molecular complexity index is 803. The molecular formula is C21H29ClN2O5. The van der Waals surface area contributed by atoms with Gasteiger partial charge in [-0.05, 0) is 56.4 Å². The fourth-order valence-corrected chi connectivity index (χ4v) is 4.54. The first-order valence-corrected chi connectivity index (χ1v) is 10.2. The van der Waals surface area contributed by atoms with Crippen LogP contribution in [0, 0.1) is 13.8 Å². The molecule has 29 heavy (non-hydrogen) atoms. The molecule has 0 atom stereocenters. The van der Waals surface area contributed by atoms with Crippen LogP contribution in [-0.2, 0) is 19.1 Å². The molecule has 1 aromatic rings. The summed E-state index contributed by atoms with van der Waals surface area (Å²) in [6.45, 7) is 7.87. The molecule has 0 bridgehead atoms. The molecule has 3 rings (SSSR count). The Balaban J connectivity index is 2.14. The molecule has 0 radical (unpaired) electrons. The van der Waals surface area contributed by atoms with Gasteiger partial charge in [0.25, 0.3) is 0 Å². The number of halogens is 1. The summed E-state index contributed by atoms with van der Waals surface area (Å²) in [6.07, 6.45) is 0.667. The maximum absolute atomic E-state index is 12.4. The van der Waals surface area contributed by atoms with Crippen LogP contribution >= 0.6 is 11.6 Å². The molecule has 0 unspecified atom stereocenters. The molecule has 0 saturated carbocycles. The number of benzene rings is 1. The van der Waals surface area contributed by atoms with Crippen molar-refractivity contribution in [1.82, 2.24) is 10.1 Å². The highest BCUT2D eigenvalue weighted by atomic mass is 35.5. The van der Waals surface area contributed by atoms with Crippen LogP contribution < -0.4 is 0 Å². The smallest absolute Gasteiger partial charge is 0.434 e. The van der Waals surface area contributed by atoms with E-state index in [1.165, 1.54) is 0 Å². The van der Waals surface area contributed by atoms with Crippen molar-refractivity contribution in [2.45, 2.75) is 39.2 Å². The fraction of sp³-hybridized carbons (Fsp3) is 0.571. The molecule has 1 saturated heterocycles.